The van der Waals surface area contributed by atoms with Gasteiger partial charge in [0.05, 0.1) is 0 Å². The second-order valence-corrected chi connectivity index (χ2v) is 13.5. The minimum absolute atomic E-state index is 0.327. The monoisotopic (exact) mass is 458 g/mol. The van der Waals surface area contributed by atoms with Gasteiger partial charge in [-0.1, -0.05) is 53.7 Å². The van der Waals surface area contributed by atoms with Gasteiger partial charge < -0.3 is 9.47 Å². The molecule has 0 saturated heterocycles. The summed E-state index contributed by atoms with van der Waals surface area (Å²) in [5, 5.41) is 0. The Morgan fingerprint density at radius 3 is 2.15 bits per heavy atom. The number of ether oxygens (including phenoxy) is 2. The number of rotatable bonds is 7. The maximum absolute atomic E-state index is 5.92. The highest BCUT2D eigenvalue weighted by Crippen LogP contribution is 2.69. The fraction of sp³-hybridized carbons (Fsp3) is 0.935. The van der Waals surface area contributed by atoms with Crippen LogP contribution in [0.1, 0.15) is 106 Å². The molecule has 0 aromatic heterocycles. The predicted octanol–water partition coefficient (Wildman–Crippen LogP) is 8.51. The smallest absolute Gasteiger partial charge is 0.167 e. The van der Waals surface area contributed by atoms with Crippen LogP contribution in [0.4, 0.5) is 0 Å². The molecule has 0 N–H and O–H groups in total. The molecule has 0 heterocycles. The van der Waals surface area contributed by atoms with E-state index in [1.807, 2.05) is 14.2 Å². The summed E-state index contributed by atoms with van der Waals surface area (Å²) in [5.41, 5.74) is 1.03. The zero-order valence-electron chi connectivity index (χ0n) is 23.2. The summed E-state index contributed by atoms with van der Waals surface area (Å²) >= 11 is 0. The fourth-order valence-corrected chi connectivity index (χ4v) is 9.84. The lowest BCUT2D eigenvalue weighted by molar-refractivity contribution is -0.261. The number of hydrogen-bond acceptors (Lipinski definition) is 2. The Morgan fingerprint density at radius 2 is 1.52 bits per heavy atom. The van der Waals surface area contributed by atoms with Crippen molar-refractivity contribution in [2.45, 2.75) is 112 Å². The molecule has 9 atom stereocenters. The normalized spacial score (nSPS) is 44.3. The highest BCUT2D eigenvalue weighted by Gasteiger charge is 2.61. The molecule has 4 aliphatic carbocycles. The molecule has 0 aromatic carbocycles. The Balaban J connectivity index is 1.49. The molecule has 0 aromatic rings. The predicted molar refractivity (Wildman–Crippen MR) is 139 cm³/mol. The van der Waals surface area contributed by atoms with E-state index >= 15 is 0 Å². The van der Waals surface area contributed by atoms with E-state index < -0.39 is 0 Å². The van der Waals surface area contributed by atoms with Crippen molar-refractivity contribution in [2.24, 2.45) is 58.2 Å². The van der Waals surface area contributed by atoms with Crippen molar-refractivity contribution < 1.29 is 9.47 Å². The van der Waals surface area contributed by atoms with Gasteiger partial charge in [0, 0.05) is 27.1 Å². The van der Waals surface area contributed by atoms with Crippen LogP contribution in [0.15, 0.2) is 12.2 Å². The van der Waals surface area contributed by atoms with Gasteiger partial charge in [0.15, 0.2) is 5.79 Å². The fourth-order valence-electron chi connectivity index (χ4n) is 9.84. The van der Waals surface area contributed by atoms with Gasteiger partial charge in [0.25, 0.3) is 0 Å². The minimum Gasteiger partial charge on any atom is -0.353 e. The quantitative estimate of drug-likeness (QED) is 0.281. The van der Waals surface area contributed by atoms with Gasteiger partial charge in [-0.25, -0.2) is 0 Å². The molecule has 0 amide bonds. The second kappa shape index (κ2) is 9.61. The molecule has 4 rings (SSSR count). The van der Waals surface area contributed by atoms with E-state index in [4.69, 9.17) is 9.47 Å². The average Bonchev–Trinajstić information content (AvgIpc) is 3.16. The van der Waals surface area contributed by atoms with Gasteiger partial charge >= 0.3 is 0 Å². The topological polar surface area (TPSA) is 18.5 Å². The van der Waals surface area contributed by atoms with E-state index in [1.165, 1.54) is 51.4 Å². The van der Waals surface area contributed by atoms with E-state index in [9.17, 15) is 0 Å². The largest absolute Gasteiger partial charge is 0.353 e. The third kappa shape index (κ3) is 4.28. The van der Waals surface area contributed by atoms with Gasteiger partial charge in [0.1, 0.15) is 0 Å². The SMILES string of the molecule is CC[C@H](/C=C/[C@H](C)[C@@H]1CC[C@@H]2[C@H]3CC[C@H]4CC(OC)(OC)CC[C@]4(C)[C@@H]3CC[C@@]21C)C(C)C. The molecule has 4 aliphatic rings. The molecule has 0 radical (unpaired) electrons. The van der Waals surface area contributed by atoms with Crippen molar-refractivity contribution in [1.29, 1.82) is 0 Å². The Morgan fingerprint density at radius 1 is 0.818 bits per heavy atom. The van der Waals surface area contributed by atoms with Crippen molar-refractivity contribution in [3.05, 3.63) is 12.2 Å². The van der Waals surface area contributed by atoms with E-state index in [-0.39, 0.29) is 5.79 Å². The minimum atomic E-state index is -0.327. The molecular formula is C31H54O2. The third-order valence-electron chi connectivity index (χ3n) is 12.1. The highest BCUT2D eigenvalue weighted by atomic mass is 16.7. The van der Waals surface area contributed by atoms with Gasteiger partial charge in [-0.05, 0) is 110 Å². The van der Waals surface area contributed by atoms with Crippen molar-refractivity contribution in [3.8, 4) is 0 Å². The maximum atomic E-state index is 5.92. The van der Waals surface area contributed by atoms with E-state index in [2.05, 4.69) is 53.7 Å². The second-order valence-electron chi connectivity index (χ2n) is 13.5. The summed E-state index contributed by atoms with van der Waals surface area (Å²) in [6.07, 6.45) is 18.5. The van der Waals surface area contributed by atoms with Gasteiger partial charge in [-0.3, -0.25) is 0 Å². The Labute approximate surface area is 205 Å². The molecule has 0 unspecified atom stereocenters. The van der Waals surface area contributed by atoms with Crippen molar-refractivity contribution in [2.75, 3.05) is 14.2 Å². The summed E-state index contributed by atoms with van der Waals surface area (Å²) in [7, 11) is 3.70. The highest BCUT2D eigenvalue weighted by molar-refractivity contribution is 5.12. The van der Waals surface area contributed by atoms with Crippen LogP contribution < -0.4 is 0 Å². The molecule has 2 nitrogen and oxygen atoms in total. The average molecular weight is 459 g/mol. The lowest BCUT2D eigenvalue weighted by atomic mass is 9.44. The summed E-state index contributed by atoms with van der Waals surface area (Å²) in [6, 6.07) is 0. The van der Waals surface area contributed by atoms with Gasteiger partial charge in [-0.2, -0.15) is 0 Å². The first-order valence-electron chi connectivity index (χ1n) is 14.4. The first kappa shape index (κ1) is 25.7. The van der Waals surface area contributed by atoms with Crippen LogP contribution in [-0.4, -0.2) is 20.0 Å². The van der Waals surface area contributed by atoms with Crippen LogP contribution >= 0.6 is 0 Å². The van der Waals surface area contributed by atoms with E-state index in [0.717, 1.165) is 60.2 Å². The standard InChI is InChI=1S/C31H54O2/c1-9-23(21(2)3)11-10-22(4)26-14-15-27-25-13-12-24-20-31(32-7,33-8)19-18-29(24,5)28(25)16-17-30(26,27)6/h10-11,21-28H,9,12-20H2,1-8H3/b11-10+/t22-,23+,24-,25+,26-,27+,28+,29-,30+/m0/s1. The number of allylic oxidation sites excluding steroid dienone is 2. The summed E-state index contributed by atoms with van der Waals surface area (Å²) < 4.78 is 11.8. The summed E-state index contributed by atoms with van der Waals surface area (Å²) in [4.78, 5) is 0. The lowest BCUT2D eigenvalue weighted by Gasteiger charge is -2.62. The van der Waals surface area contributed by atoms with Crippen LogP contribution in [0.25, 0.3) is 0 Å². The Hall–Kier alpha value is -0.340. The molecular weight excluding hydrogens is 404 g/mol. The first-order chi connectivity index (χ1) is 15.6. The molecule has 4 saturated carbocycles. The molecule has 0 aliphatic heterocycles. The van der Waals surface area contributed by atoms with Gasteiger partial charge in [0.2, 0.25) is 0 Å². The van der Waals surface area contributed by atoms with Gasteiger partial charge in [-0.15, -0.1) is 0 Å². The van der Waals surface area contributed by atoms with Crippen LogP contribution in [0.3, 0.4) is 0 Å². The summed E-state index contributed by atoms with van der Waals surface area (Å²) in [5.74, 6) is 6.32. The Kier molecular flexibility index (Phi) is 7.49. The lowest BCUT2D eigenvalue weighted by Crippen LogP contribution is -2.56. The number of hydrogen-bond donors (Lipinski definition) is 0. The molecule has 2 heteroatoms. The first-order valence-corrected chi connectivity index (χ1v) is 14.4. The van der Waals surface area contributed by atoms with Crippen molar-refractivity contribution >= 4 is 0 Å². The van der Waals surface area contributed by atoms with Crippen LogP contribution in [0, 0.1) is 58.2 Å². The molecule has 190 valence electrons. The van der Waals surface area contributed by atoms with Crippen LogP contribution in [0.2, 0.25) is 0 Å². The van der Waals surface area contributed by atoms with E-state index in [0.29, 0.717) is 10.8 Å². The molecule has 4 fully saturated rings. The molecule has 0 spiro atoms. The third-order valence-corrected chi connectivity index (χ3v) is 12.1. The maximum Gasteiger partial charge on any atom is 0.167 e. The summed E-state index contributed by atoms with van der Waals surface area (Å²) in [6.45, 7) is 15.0. The van der Waals surface area contributed by atoms with E-state index in [1.54, 1.807) is 0 Å². The van der Waals surface area contributed by atoms with Crippen LogP contribution in [-0.2, 0) is 9.47 Å². The zero-order valence-corrected chi connectivity index (χ0v) is 23.2. The molecule has 33 heavy (non-hydrogen) atoms. The van der Waals surface area contributed by atoms with Crippen LogP contribution in [0.5, 0.6) is 0 Å². The number of fused-ring (bicyclic) bond motifs is 5. The number of methoxy groups -OCH3 is 2. The Bertz CT molecular complexity index is 693. The molecule has 0 bridgehead atoms. The zero-order chi connectivity index (χ0) is 24.0. The van der Waals surface area contributed by atoms with Crippen molar-refractivity contribution in [3.63, 3.8) is 0 Å². The van der Waals surface area contributed by atoms with Crippen molar-refractivity contribution in [1.82, 2.24) is 0 Å².